The maximum atomic E-state index is 12.5. The van der Waals surface area contributed by atoms with Gasteiger partial charge >= 0.3 is 0 Å². The number of amides is 2. The van der Waals surface area contributed by atoms with E-state index in [9.17, 15) is 9.59 Å². The van der Waals surface area contributed by atoms with E-state index in [2.05, 4.69) is 21.2 Å². The van der Waals surface area contributed by atoms with Crippen molar-refractivity contribution in [2.24, 2.45) is 0 Å². The average Bonchev–Trinajstić information content (AvgIpc) is 2.52. The first-order chi connectivity index (χ1) is 9.11. The van der Waals surface area contributed by atoms with E-state index >= 15 is 0 Å². The molecule has 2 rings (SSSR count). The number of carbonyl (C=O) groups excluding carboxylic acids is 2. The highest BCUT2D eigenvalue weighted by atomic mass is 79.9. The van der Waals surface area contributed by atoms with Crippen LogP contribution in [0.4, 0.5) is 5.69 Å². The van der Waals surface area contributed by atoms with Gasteiger partial charge in [-0.3, -0.25) is 9.59 Å². The molecule has 1 N–H and O–H groups in total. The molecule has 1 aliphatic heterocycles. The lowest BCUT2D eigenvalue weighted by Crippen LogP contribution is -2.44. The van der Waals surface area contributed by atoms with E-state index in [0.29, 0.717) is 19.4 Å². The van der Waals surface area contributed by atoms with E-state index in [1.807, 2.05) is 31.2 Å². The average molecular weight is 325 g/mol. The summed E-state index contributed by atoms with van der Waals surface area (Å²) in [5, 5.41) is 2.80. The van der Waals surface area contributed by atoms with Crippen LogP contribution in [0.1, 0.15) is 26.2 Å². The van der Waals surface area contributed by atoms with Crippen LogP contribution in [0, 0.1) is 0 Å². The molecule has 1 aromatic carbocycles. The summed E-state index contributed by atoms with van der Waals surface area (Å²) in [4.78, 5) is 25.8. The molecular weight excluding hydrogens is 308 g/mol. The molecule has 0 radical (unpaired) electrons. The molecule has 1 heterocycles. The highest BCUT2D eigenvalue weighted by Crippen LogP contribution is 2.21. The molecule has 0 bridgehead atoms. The van der Waals surface area contributed by atoms with E-state index in [0.717, 1.165) is 16.6 Å². The summed E-state index contributed by atoms with van der Waals surface area (Å²) in [6.45, 7) is 2.45. The fraction of sp³-hybridized carbons (Fsp3) is 0.429. The predicted molar refractivity (Wildman–Crippen MR) is 78.0 cm³/mol. The third kappa shape index (κ3) is 3.35. The van der Waals surface area contributed by atoms with E-state index in [4.69, 9.17) is 0 Å². The van der Waals surface area contributed by atoms with Gasteiger partial charge < -0.3 is 10.2 Å². The van der Waals surface area contributed by atoms with Crippen LogP contribution >= 0.6 is 15.9 Å². The molecule has 0 aromatic heterocycles. The van der Waals surface area contributed by atoms with Crippen molar-refractivity contribution in [1.82, 2.24) is 5.32 Å². The molecular formula is C14H17BrN2O2. The molecule has 5 heteroatoms. The number of nitrogens with zero attached hydrogens (tertiary/aromatic N) is 1. The van der Waals surface area contributed by atoms with Gasteiger partial charge in [-0.05, 0) is 30.7 Å². The molecule has 4 nitrogen and oxygen atoms in total. The van der Waals surface area contributed by atoms with Gasteiger partial charge in [0.15, 0.2) is 0 Å². The molecule has 1 unspecified atom stereocenters. The normalized spacial score (nSPS) is 20.1. The summed E-state index contributed by atoms with van der Waals surface area (Å²) >= 11 is 3.38. The first-order valence-corrected chi connectivity index (χ1v) is 7.27. The molecule has 1 saturated heterocycles. The first-order valence-electron chi connectivity index (χ1n) is 6.48. The Morgan fingerprint density at radius 3 is 2.63 bits per heavy atom. The van der Waals surface area contributed by atoms with Crippen molar-refractivity contribution in [3.05, 3.63) is 28.7 Å². The van der Waals surface area contributed by atoms with Crippen LogP contribution < -0.4 is 10.2 Å². The Bertz CT molecular complexity index is 473. The van der Waals surface area contributed by atoms with Gasteiger partial charge in [0.05, 0.1) is 0 Å². The number of anilines is 1. The fourth-order valence-electron chi connectivity index (χ4n) is 2.20. The zero-order chi connectivity index (χ0) is 13.8. The second-order valence-electron chi connectivity index (χ2n) is 4.63. The van der Waals surface area contributed by atoms with E-state index < -0.39 is 6.04 Å². The molecule has 0 aliphatic carbocycles. The smallest absolute Gasteiger partial charge is 0.249 e. The summed E-state index contributed by atoms with van der Waals surface area (Å²) in [7, 11) is 0. The molecule has 2 amide bonds. The number of hydrogen-bond acceptors (Lipinski definition) is 2. The first kappa shape index (κ1) is 14.1. The summed E-state index contributed by atoms with van der Waals surface area (Å²) in [5.41, 5.74) is 0.839. The van der Waals surface area contributed by atoms with Crippen LogP contribution in [0.3, 0.4) is 0 Å². The monoisotopic (exact) mass is 324 g/mol. The Morgan fingerprint density at radius 1 is 1.32 bits per heavy atom. The van der Waals surface area contributed by atoms with Crippen LogP contribution in [0.15, 0.2) is 28.7 Å². The Morgan fingerprint density at radius 2 is 2.00 bits per heavy atom. The van der Waals surface area contributed by atoms with Crippen LogP contribution in [0.2, 0.25) is 0 Å². The van der Waals surface area contributed by atoms with Crippen molar-refractivity contribution in [1.29, 1.82) is 0 Å². The minimum Gasteiger partial charge on any atom is -0.344 e. The van der Waals surface area contributed by atoms with Gasteiger partial charge in [-0.2, -0.15) is 0 Å². The SMILES string of the molecule is CCCC1NC(=O)CCN(c2ccc(Br)cc2)C1=O. The maximum absolute atomic E-state index is 12.5. The molecule has 1 atom stereocenters. The molecule has 1 fully saturated rings. The topological polar surface area (TPSA) is 49.4 Å². The number of benzene rings is 1. The Kier molecular flexibility index (Phi) is 4.58. The molecule has 1 aliphatic rings. The number of rotatable bonds is 3. The highest BCUT2D eigenvalue weighted by molar-refractivity contribution is 9.10. The molecule has 19 heavy (non-hydrogen) atoms. The van der Waals surface area contributed by atoms with Crippen molar-refractivity contribution in [3.8, 4) is 0 Å². The number of nitrogens with one attached hydrogen (secondary N) is 1. The summed E-state index contributed by atoms with van der Waals surface area (Å²) < 4.78 is 0.970. The minimum atomic E-state index is -0.399. The third-order valence-electron chi connectivity index (χ3n) is 3.18. The second kappa shape index (κ2) is 6.19. The highest BCUT2D eigenvalue weighted by Gasteiger charge is 2.29. The van der Waals surface area contributed by atoms with Crippen LogP contribution in [-0.2, 0) is 9.59 Å². The fourth-order valence-corrected chi connectivity index (χ4v) is 2.47. The quantitative estimate of drug-likeness (QED) is 0.928. The second-order valence-corrected chi connectivity index (χ2v) is 5.54. The summed E-state index contributed by atoms with van der Waals surface area (Å²) in [5.74, 6) is -0.0681. The van der Waals surface area contributed by atoms with E-state index in [-0.39, 0.29) is 11.8 Å². The van der Waals surface area contributed by atoms with Crippen LogP contribution in [-0.4, -0.2) is 24.4 Å². The Balaban J connectivity index is 2.25. The van der Waals surface area contributed by atoms with Crippen LogP contribution in [0.5, 0.6) is 0 Å². The van der Waals surface area contributed by atoms with Crippen molar-refractivity contribution in [2.45, 2.75) is 32.2 Å². The zero-order valence-electron chi connectivity index (χ0n) is 10.9. The van der Waals surface area contributed by atoms with Crippen molar-refractivity contribution < 1.29 is 9.59 Å². The number of carbonyl (C=O) groups is 2. The lowest BCUT2D eigenvalue weighted by atomic mass is 10.1. The van der Waals surface area contributed by atoms with Crippen molar-refractivity contribution in [3.63, 3.8) is 0 Å². The molecule has 0 saturated carbocycles. The summed E-state index contributed by atoms with van der Waals surface area (Å²) in [6, 6.07) is 7.18. The Labute approximate surface area is 121 Å². The van der Waals surface area contributed by atoms with Gasteiger partial charge in [-0.15, -0.1) is 0 Å². The molecule has 1 aromatic rings. The van der Waals surface area contributed by atoms with Gasteiger partial charge in [-0.1, -0.05) is 29.3 Å². The lowest BCUT2D eigenvalue weighted by molar-refractivity contribution is -0.125. The van der Waals surface area contributed by atoms with E-state index in [1.165, 1.54) is 0 Å². The third-order valence-corrected chi connectivity index (χ3v) is 3.71. The molecule has 102 valence electrons. The van der Waals surface area contributed by atoms with Gasteiger partial charge in [0, 0.05) is 23.1 Å². The summed E-state index contributed by atoms with van der Waals surface area (Å²) in [6.07, 6.45) is 1.89. The van der Waals surface area contributed by atoms with Crippen molar-refractivity contribution >= 4 is 33.4 Å². The van der Waals surface area contributed by atoms with Crippen molar-refractivity contribution in [2.75, 3.05) is 11.4 Å². The lowest BCUT2D eigenvalue weighted by Gasteiger charge is -2.24. The standard InChI is InChI=1S/C14H17BrN2O2/c1-2-3-12-14(19)17(9-8-13(18)16-12)11-6-4-10(15)5-7-11/h4-7,12H,2-3,8-9H2,1H3,(H,16,18). The van der Waals surface area contributed by atoms with Crippen LogP contribution in [0.25, 0.3) is 0 Å². The predicted octanol–water partition coefficient (Wildman–Crippen LogP) is 2.47. The van der Waals surface area contributed by atoms with Gasteiger partial charge in [0.1, 0.15) is 6.04 Å². The van der Waals surface area contributed by atoms with Gasteiger partial charge in [-0.25, -0.2) is 0 Å². The molecule has 0 spiro atoms. The Hall–Kier alpha value is -1.36. The largest absolute Gasteiger partial charge is 0.344 e. The maximum Gasteiger partial charge on any atom is 0.249 e. The van der Waals surface area contributed by atoms with E-state index in [1.54, 1.807) is 4.90 Å². The number of hydrogen-bond donors (Lipinski definition) is 1. The minimum absolute atomic E-state index is 0.0185. The van der Waals surface area contributed by atoms with Gasteiger partial charge in [0.25, 0.3) is 0 Å². The van der Waals surface area contributed by atoms with Gasteiger partial charge in [0.2, 0.25) is 11.8 Å². The number of halogens is 1. The zero-order valence-corrected chi connectivity index (χ0v) is 12.4.